The molecule has 36 heavy (non-hydrogen) atoms. The molecule has 1 saturated heterocycles. The molecule has 5 aliphatic rings. The monoisotopic (exact) mass is 498 g/mol. The van der Waals surface area contributed by atoms with Crippen LogP contribution in [-0.2, 0) is 23.9 Å². The molecule has 1 aliphatic heterocycles. The van der Waals surface area contributed by atoms with Crippen molar-refractivity contribution < 1.29 is 33.8 Å². The molecular formula is C27H34N2O7. The molecule has 0 spiro atoms. The van der Waals surface area contributed by atoms with Crippen molar-refractivity contribution in [2.24, 2.45) is 23.2 Å². The number of rotatable bonds is 6. The highest BCUT2D eigenvalue weighted by Crippen LogP contribution is 2.60. The van der Waals surface area contributed by atoms with Crippen molar-refractivity contribution >= 4 is 29.4 Å². The maximum Gasteiger partial charge on any atom is 0.337 e. The highest BCUT2D eigenvalue weighted by atomic mass is 16.5. The SMILES string of the molecule is COC(=O)c1ccc(C)c(NC(=O)COC(=O)[C@@H]2CC(O)CN2C(=O)C23CC4CC(CC(C4)C2)C3)c1. The molecule has 6 rings (SSSR count). The van der Waals surface area contributed by atoms with Crippen LogP contribution < -0.4 is 5.32 Å². The van der Waals surface area contributed by atoms with Crippen LogP contribution in [0.15, 0.2) is 18.2 Å². The van der Waals surface area contributed by atoms with E-state index < -0.39 is 42.0 Å². The Hall–Kier alpha value is -2.94. The van der Waals surface area contributed by atoms with Crippen LogP contribution in [-0.4, -0.2) is 66.2 Å². The third-order valence-electron chi connectivity index (χ3n) is 8.58. The van der Waals surface area contributed by atoms with Crippen molar-refractivity contribution in [1.82, 2.24) is 4.90 Å². The largest absolute Gasteiger partial charge is 0.465 e. The third kappa shape index (κ3) is 4.61. The molecule has 2 atom stereocenters. The van der Waals surface area contributed by atoms with Gasteiger partial charge in [-0.2, -0.15) is 0 Å². The van der Waals surface area contributed by atoms with Gasteiger partial charge in [-0.15, -0.1) is 0 Å². The lowest BCUT2D eigenvalue weighted by Gasteiger charge is -2.56. The number of methoxy groups -OCH3 is 1. The Bertz CT molecular complexity index is 1050. The smallest absolute Gasteiger partial charge is 0.337 e. The lowest BCUT2D eigenvalue weighted by Crippen LogP contribution is -2.56. The van der Waals surface area contributed by atoms with E-state index in [0.29, 0.717) is 23.4 Å². The summed E-state index contributed by atoms with van der Waals surface area (Å²) in [6.07, 6.45) is 5.56. The number of aryl methyl sites for hydroxylation is 1. The number of anilines is 1. The van der Waals surface area contributed by atoms with Crippen LogP contribution in [0.25, 0.3) is 0 Å². The average molecular weight is 499 g/mol. The number of carbonyl (C=O) groups excluding carboxylic acids is 4. The van der Waals surface area contributed by atoms with E-state index in [-0.39, 0.29) is 24.4 Å². The molecule has 2 amide bonds. The van der Waals surface area contributed by atoms with Gasteiger partial charge in [0.15, 0.2) is 6.61 Å². The summed E-state index contributed by atoms with van der Waals surface area (Å²) in [5.41, 5.74) is 1.01. The number of esters is 2. The van der Waals surface area contributed by atoms with E-state index in [9.17, 15) is 24.3 Å². The summed E-state index contributed by atoms with van der Waals surface area (Å²) in [6, 6.07) is 3.89. The summed E-state index contributed by atoms with van der Waals surface area (Å²) in [6.45, 7) is 1.36. The van der Waals surface area contributed by atoms with E-state index in [4.69, 9.17) is 9.47 Å². The van der Waals surface area contributed by atoms with Crippen molar-refractivity contribution in [3.63, 3.8) is 0 Å². The topological polar surface area (TPSA) is 122 Å². The van der Waals surface area contributed by atoms with Gasteiger partial charge >= 0.3 is 11.9 Å². The van der Waals surface area contributed by atoms with Crippen molar-refractivity contribution in [3.8, 4) is 0 Å². The zero-order chi connectivity index (χ0) is 25.6. The van der Waals surface area contributed by atoms with Gasteiger partial charge in [-0.1, -0.05) is 6.07 Å². The molecule has 4 aliphatic carbocycles. The zero-order valence-electron chi connectivity index (χ0n) is 20.8. The second-order valence-corrected chi connectivity index (χ2v) is 11.2. The Morgan fingerprint density at radius 3 is 2.31 bits per heavy atom. The van der Waals surface area contributed by atoms with E-state index >= 15 is 0 Å². The van der Waals surface area contributed by atoms with Gasteiger partial charge in [-0.3, -0.25) is 9.59 Å². The molecule has 1 unspecified atom stereocenters. The van der Waals surface area contributed by atoms with Crippen molar-refractivity contribution in [3.05, 3.63) is 29.3 Å². The van der Waals surface area contributed by atoms with E-state index in [0.717, 1.165) is 24.8 Å². The third-order valence-corrected chi connectivity index (χ3v) is 8.58. The Morgan fingerprint density at radius 1 is 1.06 bits per heavy atom. The molecule has 1 heterocycles. The van der Waals surface area contributed by atoms with Crippen molar-refractivity contribution in [1.29, 1.82) is 0 Å². The number of amides is 2. The number of nitrogens with zero attached hydrogens (tertiary/aromatic N) is 1. The number of ether oxygens (including phenoxy) is 2. The maximum absolute atomic E-state index is 13.8. The first-order valence-corrected chi connectivity index (χ1v) is 12.8. The van der Waals surface area contributed by atoms with Gasteiger partial charge in [0.25, 0.3) is 5.91 Å². The molecule has 4 saturated carbocycles. The summed E-state index contributed by atoms with van der Waals surface area (Å²) in [4.78, 5) is 52.6. The van der Waals surface area contributed by atoms with Gasteiger partial charge in [-0.25, -0.2) is 9.59 Å². The highest BCUT2D eigenvalue weighted by molar-refractivity contribution is 5.97. The maximum atomic E-state index is 13.8. The molecule has 5 fully saturated rings. The van der Waals surface area contributed by atoms with Gasteiger partial charge in [0.1, 0.15) is 6.04 Å². The highest BCUT2D eigenvalue weighted by Gasteiger charge is 2.57. The second kappa shape index (κ2) is 9.50. The minimum atomic E-state index is -0.891. The number of likely N-dealkylation sites (tertiary alicyclic amines) is 1. The molecule has 0 radical (unpaired) electrons. The van der Waals surface area contributed by atoms with Gasteiger partial charge in [0.05, 0.1) is 24.2 Å². The molecule has 9 heteroatoms. The van der Waals surface area contributed by atoms with E-state index in [1.165, 1.54) is 37.3 Å². The number of hydrogen-bond acceptors (Lipinski definition) is 7. The number of β-amino-alcohol motifs (C(OH)–C–C–N with tert-alkyl or cyclic N) is 1. The molecule has 1 aromatic rings. The van der Waals surface area contributed by atoms with E-state index in [1.54, 1.807) is 19.1 Å². The van der Waals surface area contributed by atoms with Crippen LogP contribution in [0.3, 0.4) is 0 Å². The van der Waals surface area contributed by atoms with Crippen molar-refractivity contribution in [2.45, 2.75) is 64.0 Å². The number of aliphatic hydroxyl groups is 1. The normalized spacial score (nSPS) is 32.3. The summed E-state index contributed by atoms with van der Waals surface area (Å²) in [5, 5.41) is 13.0. The molecule has 4 bridgehead atoms. The molecule has 9 nitrogen and oxygen atoms in total. The number of carbonyl (C=O) groups is 4. The lowest BCUT2D eigenvalue weighted by molar-refractivity contribution is -0.166. The number of nitrogens with one attached hydrogen (secondary N) is 1. The second-order valence-electron chi connectivity index (χ2n) is 11.2. The zero-order valence-corrected chi connectivity index (χ0v) is 20.8. The molecule has 0 aromatic heterocycles. The Balaban J connectivity index is 1.21. The van der Waals surface area contributed by atoms with Crippen molar-refractivity contribution in [2.75, 3.05) is 25.6 Å². The molecular weight excluding hydrogens is 464 g/mol. The molecule has 1 aromatic carbocycles. The van der Waals surface area contributed by atoms with Crippen LogP contribution in [0.5, 0.6) is 0 Å². The van der Waals surface area contributed by atoms with Crippen LogP contribution in [0, 0.1) is 30.1 Å². The minimum Gasteiger partial charge on any atom is -0.465 e. The predicted molar refractivity (Wildman–Crippen MR) is 129 cm³/mol. The number of benzene rings is 1. The van der Waals surface area contributed by atoms with Crippen LogP contribution in [0.4, 0.5) is 5.69 Å². The van der Waals surface area contributed by atoms with E-state index in [2.05, 4.69) is 5.32 Å². The van der Waals surface area contributed by atoms with E-state index in [1.807, 2.05) is 0 Å². The van der Waals surface area contributed by atoms with Crippen LogP contribution >= 0.6 is 0 Å². The number of aliphatic hydroxyl groups excluding tert-OH is 1. The Morgan fingerprint density at radius 2 is 1.69 bits per heavy atom. The first-order chi connectivity index (χ1) is 17.2. The lowest BCUT2D eigenvalue weighted by atomic mass is 9.49. The van der Waals surface area contributed by atoms with Crippen LogP contribution in [0.1, 0.15) is 60.9 Å². The minimum absolute atomic E-state index is 0.0280. The Labute approximate surface area is 210 Å². The predicted octanol–water partition coefficient (Wildman–Crippen LogP) is 2.44. The van der Waals surface area contributed by atoms with Gasteiger partial charge in [-0.05, 0) is 80.9 Å². The number of hydrogen-bond donors (Lipinski definition) is 2. The van der Waals surface area contributed by atoms with Gasteiger partial charge in [0.2, 0.25) is 5.91 Å². The molecule has 194 valence electrons. The summed E-state index contributed by atoms with van der Waals surface area (Å²) >= 11 is 0. The molecule has 2 N–H and O–H groups in total. The van der Waals surface area contributed by atoms with Crippen LogP contribution in [0.2, 0.25) is 0 Å². The fourth-order valence-corrected chi connectivity index (χ4v) is 7.36. The fraction of sp³-hybridized carbons (Fsp3) is 0.630. The summed E-state index contributed by atoms with van der Waals surface area (Å²) in [5.74, 6) is -0.0417. The standard InChI is InChI=1S/C27H34N2O7/c1-15-3-4-19(24(32)35-2)8-21(15)28-23(31)14-36-25(33)22-9-20(30)13-29(22)26(34)27-10-16-5-17(11-27)7-18(6-16)12-27/h3-4,8,16-18,20,22,30H,5-7,9-14H2,1-2H3,(H,28,31)/t16?,17?,18?,20?,22-,27?/m0/s1. The average Bonchev–Trinajstić information content (AvgIpc) is 3.23. The summed E-state index contributed by atoms with van der Waals surface area (Å²) in [7, 11) is 1.27. The van der Waals surface area contributed by atoms with Gasteiger partial charge < -0.3 is 24.8 Å². The first-order valence-electron chi connectivity index (χ1n) is 12.8. The quantitative estimate of drug-likeness (QED) is 0.578. The van der Waals surface area contributed by atoms with Gasteiger partial charge in [0, 0.05) is 18.7 Å². The Kier molecular flexibility index (Phi) is 6.53. The first kappa shape index (κ1) is 24.7. The summed E-state index contributed by atoms with van der Waals surface area (Å²) < 4.78 is 10.0. The fourth-order valence-electron chi connectivity index (χ4n) is 7.36.